The molecular weight excluding hydrogens is 248 g/mol. The maximum absolute atomic E-state index is 11.9. The normalized spacial score (nSPS) is 22.3. The van der Waals surface area contributed by atoms with Crippen LogP contribution >= 0.6 is 0 Å². The molecule has 1 atom stereocenters. The van der Waals surface area contributed by atoms with Crippen LogP contribution in [0.4, 0.5) is 0 Å². The molecule has 6 nitrogen and oxygen atoms in total. The van der Waals surface area contributed by atoms with Gasteiger partial charge in [-0.05, 0) is 26.7 Å². The molecule has 19 heavy (non-hydrogen) atoms. The molecule has 2 N–H and O–H groups in total. The van der Waals surface area contributed by atoms with E-state index in [0.29, 0.717) is 38.8 Å². The van der Waals surface area contributed by atoms with Crippen LogP contribution in [0, 0.1) is 5.41 Å². The molecule has 0 radical (unpaired) electrons. The van der Waals surface area contributed by atoms with Crippen molar-refractivity contribution < 1.29 is 19.5 Å². The van der Waals surface area contributed by atoms with Crippen LogP contribution in [0.2, 0.25) is 0 Å². The van der Waals surface area contributed by atoms with Crippen molar-refractivity contribution in [2.24, 2.45) is 5.41 Å². The third-order valence-electron chi connectivity index (χ3n) is 3.51. The number of hydrogen-bond acceptors (Lipinski definition) is 3. The molecule has 0 aromatic carbocycles. The van der Waals surface area contributed by atoms with Crippen LogP contribution in [-0.4, -0.2) is 47.4 Å². The van der Waals surface area contributed by atoms with Gasteiger partial charge in [0.05, 0.1) is 5.41 Å². The zero-order valence-corrected chi connectivity index (χ0v) is 11.6. The van der Waals surface area contributed by atoms with E-state index in [1.54, 1.807) is 11.8 Å². The number of rotatable bonds is 6. The quantitative estimate of drug-likeness (QED) is 0.740. The van der Waals surface area contributed by atoms with Crippen molar-refractivity contribution in [2.75, 3.05) is 19.6 Å². The first-order valence-corrected chi connectivity index (χ1v) is 6.67. The number of carbonyl (C=O) groups excluding carboxylic acids is 2. The number of aliphatic carboxylic acids is 1. The number of carboxylic acid groups (broad SMARTS) is 1. The Morgan fingerprint density at radius 1 is 1.32 bits per heavy atom. The molecule has 1 saturated heterocycles. The third kappa shape index (κ3) is 4.22. The fourth-order valence-electron chi connectivity index (χ4n) is 2.19. The van der Waals surface area contributed by atoms with Crippen LogP contribution in [0.15, 0.2) is 0 Å². The number of nitrogens with one attached hydrogen (secondary N) is 1. The highest BCUT2D eigenvalue weighted by molar-refractivity contribution is 5.81. The Bertz CT molecular complexity index is 370. The lowest BCUT2D eigenvalue weighted by molar-refractivity contribution is -0.147. The lowest BCUT2D eigenvalue weighted by Crippen LogP contribution is -2.34. The van der Waals surface area contributed by atoms with Crippen molar-refractivity contribution in [3.63, 3.8) is 0 Å². The summed E-state index contributed by atoms with van der Waals surface area (Å²) in [6, 6.07) is 0. The molecule has 0 saturated carbocycles. The second-order valence-electron chi connectivity index (χ2n) is 5.24. The molecule has 6 heteroatoms. The monoisotopic (exact) mass is 270 g/mol. The van der Waals surface area contributed by atoms with Gasteiger partial charge in [0, 0.05) is 32.5 Å². The van der Waals surface area contributed by atoms with E-state index in [0.717, 1.165) is 0 Å². The van der Waals surface area contributed by atoms with Crippen LogP contribution in [0.25, 0.3) is 0 Å². The lowest BCUT2D eigenvalue weighted by atomic mass is 9.90. The Hall–Kier alpha value is -1.59. The van der Waals surface area contributed by atoms with Crippen molar-refractivity contribution in [3.8, 4) is 0 Å². The fraction of sp³-hybridized carbons (Fsp3) is 0.769. The van der Waals surface area contributed by atoms with Gasteiger partial charge in [-0.15, -0.1) is 0 Å². The van der Waals surface area contributed by atoms with Crippen molar-refractivity contribution in [3.05, 3.63) is 0 Å². The minimum absolute atomic E-state index is 0.0490. The van der Waals surface area contributed by atoms with E-state index in [4.69, 9.17) is 5.11 Å². The maximum atomic E-state index is 11.9. The van der Waals surface area contributed by atoms with E-state index in [1.165, 1.54) is 0 Å². The van der Waals surface area contributed by atoms with Gasteiger partial charge in [-0.2, -0.15) is 0 Å². The standard InChI is InChI=1S/C13H22N2O4/c1-3-14-10(16)5-4-6-11(17)15-8-7-13(2,9-15)12(18)19/h3-9H2,1-2H3,(H,14,16)(H,18,19). The summed E-state index contributed by atoms with van der Waals surface area (Å²) < 4.78 is 0. The maximum Gasteiger partial charge on any atom is 0.311 e. The van der Waals surface area contributed by atoms with Gasteiger partial charge in [0.25, 0.3) is 0 Å². The van der Waals surface area contributed by atoms with E-state index < -0.39 is 11.4 Å². The van der Waals surface area contributed by atoms with Crippen LogP contribution in [-0.2, 0) is 14.4 Å². The van der Waals surface area contributed by atoms with Gasteiger partial charge in [0.1, 0.15) is 0 Å². The summed E-state index contributed by atoms with van der Waals surface area (Å²) in [5, 5.41) is 11.8. The Morgan fingerprint density at radius 3 is 2.53 bits per heavy atom. The molecule has 0 aromatic rings. The van der Waals surface area contributed by atoms with Gasteiger partial charge in [-0.25, -0.2) is 0 Å². The number of likely N-dealkylation sites (tertiary alicyclic amines) is 1. The first-order valence-electron chi connectivity index (χ1n) is 6.67. The summed E-state index contributed by atoms with van der Waals surface area (Å²) >= 11 is 0. The van der Waals surface area contributed by atoms with Crippen molar-refractivity contribution in [1.29, 1.82) is 0 Å². The number of hydrogen-bond donors (Lipinski definition) is 2. The zero-order valence-electron chi connectivity index (χ0n) is 11.6. The zero-order chi connectivity index (χ0) is 14.5. The fourth-order valence-corrected chi connectivity index (χ4v) is 2.19. The van der Waals surface area contributed by atoms with Crippen molar-refractivity contribution in [1.82, 2.24) is 10.2 Å². The summed E-state index contributed by atoms with van der Waals surface area (Å²) in [5.74, 6) is -0.966. The number of carbonyl (C=O) groups is 3. The van der Waals surface area contributed by atoms with Gasteiger partial charge in [-0.3, -0.25) is 14.4 Å². The minimum atomic E-state index is -0.856. The molecule has 1 heterocycles. The summed E-state index contributed by atoms with van der Waals surface area (Å²) in [7, 11) is 0. The number of nitrogens with zero attached hydrogens (tertiary/aromatic N) is 1. The summed E-state index contributed by atoms with van der Waals surface area (Å²) in [6.45, 7) is 4.86. The van der Waals surface area contributed by atoms with E-state index in [2.05, 4.69) is 5.32 Å². The number of amides is 2. The van der Waals surface area contributed by atoms with E-state index in [-0.39, 0.29) is 18.4 Å². The van der Waals surface area contributed by atoms with Crippen molar-refractivity contribution in [2.45, 2.75) is 39.5 Å². The topological polar surface area (TPSA) is 86.7 Å². The Kier molecular flexibility index (Phi) is 5.32. The van der Waals surface area contributed by atoms with Gasteiger partial charge < -0.3 is 15.3 Å². The Morgan fingerprint density at radius 2 is 2.00 bits per heavy atom. The molecule has 2 amide bonds. The smallest absolute Gasteiger partial charge is 0.311 e. The first-order chi connectivity index (χ1) is 8.89. The highest BCUT2D eigenvalue weighted by atomic mass is 16.4. The SMILES string of the molecule is CCNC(=O)CCCC(=O)N1CCC(C)(C(=O)O)C1. The molecule has 1 rings (SSSR count). The summed E-state index contributed by atoms with van der Waals surface area (Å²) in [5.41, 5.74) is -0.824. The molecule has 0 bridgehead atoms. The lowest BCUT2D eigenvalue weighted by Gasteiger charge is -2.20. The second-order valence-corrected chi connectivity index (χ2v) is 5.24. The van der Waals surface area contributed by atoms with Crippen LogP contribution in [0.1, 0.15) is 39.5 Å². The Labute approximate surface area is 113 Å². The van der Waals surface area contributed by atoms with Crippen LogP contribution in [0.5, 0.6) is 0 Å². The van der Waals surface area contributed by atoms with E-state index in [9.17, 15) is 14.4 Å². The average molecular weight is 270 g/mol. The van der Waals surface area contributed by atoms with Gasteiger partial charge in [0.15, 0.2) is 0 Å². The Balaban J connectivity index is 2.32. The molecule has 1 aliphatic rings. The third-order valence-corrected chi connectivity index (χ3v) is 3.51. The molecule has 108 valence electrons. The molecule has 0 aromatic heterocycles. The van der Waals surface area contributed by atoms with E-state index >= 15 is 0 Å². The number of carboxylic acids is 1. The predicted octanol–water partition coefficient (Wildman–Crippen LogP) is 0.616. The summed E-state index contributed by atoms with van der Waals surface area (Å²) in [4.78, 5) is 35.8. The molecule has 1 aliphatic heterocycles. The average Bonchev–Trinajstić information content (AvgIpc) is 2.74. The largest absolute Gasteiger partial charge is 0.481 e. The first kappa shape index (κ1) is 15.5. The molecular formula is C13H22N2O4. The van der Waals surface area contributed by atoms with Gasteiger partial charge >= 0.3 is 5.97 Å². The van der Waals surface area contributed by atoms with Gasteiger partial charge in [-0.1, -0.05) is 0 Å². The van der Waals surface area contributed by atoms with Gasteiger partial charge in [0.2, 0.25) is 11.8 Å². The predicted molar refractivity (Wildman–Crippen MR) is 69.5 cm³/mol. The molecule has 1 fully saturated rings. The van der Waals surface area contributed by atoms with E-state index in [1.807, 2.05) is 6.92 Å². The molecule has 1 unspecified atom stereocenters. The van der Waals surface area contributed by atoms with Crippen molar-refractivity contribution >= 4 is 17.8 Å². The summed E-state index contributed by atoms with van der Waals surface area (Å²) in [6.07, 6.45) is 1.63. The highest BCUT2D eigenvalue weighted by Gasteiger charge is 2.41. The molecule has 0 aliphatic carbocycles. The highest BCUT2D eigenvalue weighted by Crippen LogP contribution is 2.30. The van der Waals surface area contributed by atoms with Crippen LogP contribution in [0.3, 0.4) is 0 Å². The molecule has 0 spiro atoms. The van der Waals surface area contributed by atoms with Crippen LogP contribution < -0.4 is 5.32 Å². The second kappa shape index (κ2) is 6.54. The minimum Gasteiger partial charge on any atom is -0.481 e.